The molecule has 0 saturated heterocycles. The monoisotopic (exact) mass is 405 g/mol. The SMILES string of the molecule is CN(CC(=O)NCCCNC(=O)c1cccc(O)c1)S(=O)(=O)c1ccccc1. The number of benzene rings is 2. The molecule has 2 aromatic rings. The van der Waals surface area contributed by atoms with Crippen molar-refractivity contribution in [3.05, 3.63) is 60.2 Å². The summed E-state index contributed by atoms with van der Waals surface area (Å²) in [5.41, 5.74) is 0.344. The van der Waals surface area contributed by atoms with Gasteiger partial charge in [-0.2, -0.15) is 4.31 Å². The predicted octanol–water partition coefficient (Wildman–Crippen LogP) is 0.949. The Hall–Kier alpha value is -2.91. The highest BCUT2D eigenvalue weighted by molar-refractivity contribution is 7.89. The second-order valence-electron chi connectivity index (χ2n) is 6.08. The fourth-order valence-corrected chi connectivity index (χ4v) is 3.53. The first-order valence-corrected chi connectivity index (χ1v) is 10.1. The molecule has 2 rings (SSSR count). The van der Waals surface area contributed by atoms with Gasteiger partial charge in [-0.15, -0.1) is 0 Å². The number of carbonyl (C=O) groups excluding carboxylic acids is 2. The van der Waals surface area contributed by atoms with E-state index in [1.165, 1.54) is 31.3 Å². The van der Waals surface area contributed by atoms with Crippen molar-refractivity contribution in [1.29, 1.82) is 0 Å². The van der Waals surface area contributed by atoms with Gasteiger partial charge in [-0.1, -0.05) is 24.3 Å². The van der Waals surface area contributed by atoms with Crippen LogP contribution >= 0.6 is 0 Å². The van der Waals surface area contributed by atoms with Crippen LogP contribution in [0.5, 0.6) is 5.75 Å². The summed E-state index contributed by atoms with van der Waals surface area (Å²) in [5, 5.41) is 14.7. The van der Waals surface area contributed by atoms with Gasteiger partial charge < -0.3 is 15.7 Å². The molecule has 28 heavy (non-hydrogen) atoms. The van der Waals surface area contributed by atoms with Crippen molar-refractivity contribution >= 4 is 21.8 Å². The molecule has 0 unspecified atom stereocenters. The van der Waals surface area contributed by atoms with Crippen molar-refractivity contribution in [2.45, 2.75) is 11.3 Å². The fourth-order valence-electron chi connectivity index (χ4n) is 2.38. The Morgan fingerprint density at radius 1 is 1.00 bits per heavy atom. The zero-order valence-electron chi connectivity index (χ0n) is 15.5. The van der Waals surface area contributed by atoms with Crippen LogP contribution in [0.25, 0.3) is 0 Å². The molecule has 0 radical (unpaired) electrons. The summed E-state index contributed by atoms with van der Waals surface area (Å²) in [6, 6.07) is 13.9. The molecule has 0 fully saturated rings. The van der Waals surface area contributed by atoms with E-state index in [0.717, 1.165) is 4.31 Å². The van der Waals surface area contributed by atoms with Crippen molar-refractivity contribution in [3.63, 3.8) is 0 Å². The molecule has 0 saturated carbocycles. The standard InChI is InChI=1S/C19H23N3O5S/c1-22(28(26,27)17-9-3-2-4-10-17)14-18(24)20-11-6-12-21-19(25)15-7-5-8-16(23)13-15/h2-5,7-10,13,23H,6,11-12,14H2,1H3,(H,20,24)(H,21,25). The molecular formula is C19H23N3O5S. The highest BCUT2D eigenvalue weighted by Gasteiger charge is 2.22. The van der Waals surface area contributed by atoms with Crippen LogP contribution in [0.3, 0.4) is 0 Å². The summed E-state index contributed by atoms with van der Waals surface area (Å²) in [4.78, 5) is 24.0. The van der Waals surface area contributed by atoms with Crippen LogP contribution in [-0.2, 0) is 14.8 Å². The van der Waals surface area contributed by atoms with Gasteiger partial charge in [0, 0.05) is 25.7 Å². The van der Waals surface area contributed by atoms with Gasteiger partial charge in [-0.25, -0.2) is 8.42 Å². The third-order valence-electron chi connectivity index (χ3n) is 3.89. The van der Waals surface area contributed by atoms with E-state index in [1.54, 1.807) is 30.3 Å². The second-order valence-corrected chi connectivity index (χ2v) is 8.13. The molecule has 0 bridgehead atoms. The number of phenols is 1. The summed E-state index contributed by atoms with van der Waals surface area (Å²) >= 11 is 0. The molecule has 0 heterocycles. The summed E-state index contributed by atoms with van der Waals surface area (Å²) in [5.74, 6) is -0.744. The van der Waals surface area contributed by atoms with Gasteiger partial charge in [-0.05, 0) is 36.8 Å². The van der Waals surface area contributed by atoms with Crippen LogP contribution < -0.4 is 10.6 Å². The number of nitrogens with zero attached hydrogens (tertiary/aromatic N) is 1. The highest BCUT2D eigenvalue weighted by Crippen LogP contribution is 2.13. The van der Waals surface area contributed by atoms with E-state index >= 15 is 0 Å². The lowest BCUT2D eigenvalue weighted by Crippen LogP contribution is -2.39. The maximum atomic E-state index is 12.4. The smallest absolute Gasteiger partial charge is 0.251 e. The number of phenolic OH excluding ortho intramolecular Hbond substituents is 1. The Morgan fingerprint density at radius 2 is 1.68 bits per heavy atom. The molecule has 0 aromatic heterocycles. The third-order valence-corrected chi connectivity index (χ3v) is 5.70. The molecule has 2 amide bonds. The van der Waals surface area contributed by atoms with Gasteiger partial charge >= 0.3 is 0 Å². The van der Waals surface area contributed by atoms with Gasteiger partial charge in [0.05, 0.1) is 11.4 Å². The van der Waals surface area contributed by atoms with Gasteiger partial charge in [0.2, 0.25) is 15.9 Å². The van der Waals surface area contributed by atoms with Crippen molar-refractivity contribution in [1.82, 2.24) is 14.9 Å². The highest BCUT2D eigenvalue weighted by atomic mass is 32.2. The van der Waals surface area contributed by atoms with E-state index in [4.69, 9.17) is 0 Å². The topological polar surface area (TPSA) is 116 Å². The molecule has 8 nitrogen and oxygen atoms in total. The van der Waals surface area contributed by atoms with Crippen LogP contribution in [-0.4, -0.2) is 56.3 Å². The molecule has 3 N–H and O–H groups in total. The summed E-state index contributed by atoms with van der Waals surface area (Å²) < 4.78 is 25.7. The lowest BCUT2D eigenvalue weighted by Gasteiger charge is -2.16. The zero-order chi connectivity index (χ0) is 20.6. The Kier molecular flexibility index (Phi) is 7.53. The van der Waals surface area contributed by atoms with Gasteiger partial charge in [0.25, 0.3) is 5.91 Å². The minimum Gasteiger partial charge on any atom is -0.508 e. The van der Waals surface area contributed by atoms with Gasteiger partial charge in [-0.3, -0.25) is 9.59 Å². The number of hydrogen-bond donors (Lipinski definition) is 3. The quantitative estimate of drug-likeness (QED) is 0.537. The molecule has 0 aliphatic heterocycles. The molecule has 0 aliphatic carbocycles. The molecule has 0 aliphatic rings. The van der Waals surface area contributed by atoms with Crippen molar-refractivity contribution in [2.24, 2.45) is 0 Å². The van der Waals surface area contributed by atoms with E-state index in [-0.39, 0.29) is 23.1 Å². The number of aromatic hydroxyl groups is 1. The van der Waals surface area contributed by atoms with Crippen molar-refractivity contribution in [2.75, 3.05) is 26.7 Å². The third kappa shape index (κ3) is 6.07. The summed E-state index contributed by atoms with van der Waals surface area (Å²) in [7, 11) is -2.37. The maximum absolute atomic E-state index is 12.4. The Morgan fingerprint density at radius 3 is 2.36 bits per heavy atom. The Balaban J connectivity index is 1.70. The number of carbonyl (C=O) groups is 2. The van der Waals surface area contributed by atoms with E-state index in [1.807, 2.05) is 0 Å². The number of rotatable bonds is 9. The van der Waals surface area contributed by atoms with E-state index in [9.17, 15) is 23.1 Å². The van der Waals surface area contributed by atoms with Crippen LogP contribution in [0.2, 0.25) is 0 Å². The molecule has 9 heteroatoms. The molecule has 150 valence electrons. The second kappa shape index (κ2) is 9.86. The van der Waals surface area contributed by atoms with Gasteiger partial charge in [0.1, 0.15) is 5.75 Å². The average Bonchev–Trinajstić information content (AvgIpc) is 2.68. The Labute approximate surface area is 164 Å². The van der Waals surface area contributed by atoms with Crippen molar-refractivity contribution in [3.8, 4) is 5.75 Å². The normalized spacial score (nSPS) is 11.2. The summed E-state index contributed by atoms with van der Waals surface area (Å²) in [6.07, 6.45) is 0.478. The van der Waals surface area contributed by atoms with Crippen LogP contribution in [0.4, 0.5) is 0 Å². The predicted molar refractivity (Wildman–Crippen MR) is 104 cm³/mol. The van der Waals surface area contributed by atoms with Crippen LogP contribution in [0.1, 0.15) is 16.8 Å². The minimum absolute atomic E-state index is 0.00879. The first-order chi connectivity index (χ1) is 13.3. The summed E-state index contributed by atoms with van der Waals surface area (Å²) in [6.45, 7) is 0.318. The molecule has 2 aromatic carbocycles. The first-order valence-electron chi connectivity index (χ1n) is 8.66. The van der Waals surface area contributed by atoms with Gasteiger partial charge in [0.15, 0.2) is 0 Å². The number of nitrogens with one attached hydrogen (secondary N) is 2. The molecule has 0 spiro atoms. The average molecular weight is 405 g/mol. The van der Waals surface area contributed by atoms with Crippen LogP contribution in [0, 0.1) is 0 Å². The van der Waals surface area contributed by atoms with Crippen LogP contribution in [0.15, 0.2) is 59.5 Å². The molecule has 0 atom stereocenters. The van der Waals surface area contributed by atoms with E-state index in [0.29, 0.717) is 25.1 Å². The van der Waals surface area contributed by atoms with E-state index < -0.39 is 15.9 Å². The lowest BCUT2D eigenvalue weighted by atomic mass is 10.2. The fraction of sp³-hybridized carbons (Fsp3) is 0.263. The van der Waals surface area contributed by atoms with E-state index in [2.05, 4.69) is 10.6 Å². The van der Waals surface area contributed by atoms with Crippen molar-refractivity contribution < 1.29 is 23.1 Å². The Bertz CT molecular complexity index is 916. The minimum atomic E-state index is -3.72. The lowest BCUT2D eigenvalue weighted by molar-refractivity contribution is -0.121. The molecular weight excluding hydrogens is 382 g/mol. The number of hydrogen-bond acceptors (Lipinski definition) is 5. The zero-order valence-corrected chi connectivity index (χ0v) is 16.3. The largest absolute Gasteiger partial charge is 0.508 e. The maximum Gasteiger partial charge on any atom is 0.251 e. The number of amides is 2. The number of likely N-dealkylation sites (N-methyl/N-ethyl adjacent to an activating group) is 1. The number of sulfonamides is 1. The first kappa shape index (κ1) is 21.4.